The number of nitrogens with zero attached hydrogens (tertiary/aromatic N) is 1. The van der Waals surface area contributed by atoms with Crippen molar-refractivity contribution in [2.75, 3.05) is 19.7 Å². The molecule has 5 nitrogen and oxygen atoms in total. The maximum absolute atomic E-state index is 12.5. The SMILES string of the molecule is CC1(C(=O)O)CCN(C(=O)COc2ccccc2-c2ccccc2)CC1. The second-order valence-electron chi connectivity index (χ2n) is 6.90. The van der Waals surface area contributed by atoms with E-state index in [2.05, 4.69) is 0 Å². The highest BCUT2D eigenvalue weighted by atomic mass is 16.5. The largest absolute Gasteiger partial charge is 0.483 e. The third-order valence-corrected chi connectivity index (χ3v) is 5.06. The summed E-state index contributed by atoms with van der Waals surface area (Å²) in [6.45, 7) is 2.59. The van der Waals surface area contributed by atoms with Crippen LogP contribution in [0.4, 0.5) is 0 Å². The lowest BCUT2D eigenvalue weighted by Crippen LogP contribution is -2.46. The van der Waals surface area contributed by atoms with Crippen LogP contribution >= 0.6 is 0 Å². The first-order chi connectivity index (χ1) is 12.5. The van der Waals surface area contributed by atoms with Crippen LogP contribution in [0.15, 0.2) is 54.6 Å². The normalized spacial score (nSPS) is 16.1. The van der Waals surface area contributed by atoms with Crippen LogP contribution < -0.4 is 4.74 Å². The Morgan fingerprint density at radius 3 is 2.31 bits per heavy atom. The van der Waals surface area contributed by atoms with Crippen molar-refractivity contribution in [2.45, 2.75) is 19.8 Å². The van der Waals surface area contributed by atoms with Crippen LogP contribution in [0.25, 0.3) is 11.1 Å². The predicted molar refractivity (Wildman–Crippen MR) is 98.9 cm³/mol. The van der Waals surface area contributed by atoms with Crippen LogP contribution in [0.3, 0.4) is 0 Å². The average molecular weight is 353 g/mol. The molecule has 1 aliphatic rings. The summed E-state index contributed by atoms with van der Waals surface area (Å²) in [6.07, 6.45) is 0.934. The molecule has 0 unspecified atom stereocenters. The molecule has 1 aliphatic heterocycles. The Hall–Kier alpha value is -2.82. The molecule has 0 radical (unpaired) electrons. The topological polar surface area (TPSA) is 66.8 Å². The number of carboxylic acids is 1. The number of piperidine rings is 1. The molecule has 2 aromatic carbocycles. The molecule has 0 aromatic heterocycles. The summed E-state index contributed by atoms with van der Waals surface area (Å²) in [5.41, 5.74) is 1.24. The van der Waals surface area contributed by atoms with Gasteiger partial charge < -0.3 is 14.7 Å². The molecule has 2 aromatic rings. The van der Waals surface area contributed by atoms with Crippen molar-refractivity contribution in [1.82, 2.24) is 4.90 Å². The van der Waals surface area contributed by atoms with Crippen molar-refractivity contribution in [2.24, 2.45) is 5.41 Å². The molecule has 26 heavy (non-hydrogen) atoms. The lowest BCUT2D eigenvalue weighted by atomic mass is 9.80. The highest BCUT2D eigenvalue weighted by Crippen LogP contribution is 2.32. The zero-order valence-corrected chi connectivity index (χ0v) is 14.9. The first-order valence-corrected chi connectivity index (χ1v) is 8.78. The Labute approximate surface area is 153 Å². The van der Waals surface area contributed by atoms with Gasteiger partial charge in [0, 0.05) is 18.7 Å². The lowest BCUT2D eigenvalue weighted by molar-refractivity contribution is -0.153. The second kappa shape index (κ2) is 7.60. The average Bonchev–Trinajstić information content (AvgIpc) is 2.67. The van der Waals surface area contributed by atoms with E-state index >= 15 is 0 Å². The third-order valence-electron chi connectivity index (χ3n) is 5.06. The molecule has 1 N–H and O–H groups in total. The molecule has 5 heteroatoms. The van der Waals surface area contributed by atoms with E-state index < -0.39 is 11.4 Å². The molecule has 3 rings (SSSR count). The summed E-state index contributed by atoms with van der Waals surface area (Å²) in [4.78, 5) is 25.5. The predicted octanol–water partition coefficient (Wildman–Crippen LogP) is 3.45. The zero-order chi connectivity index (χ0) is 18.6. The minimum Gasteiger partial charge on any atom is -0.483 e. The molecule has 0 saturated carbocycles. The summed E-state index contributed by atoms with van der Waals surface area (Å²) in [6, 6.07) is 17.5. The molecule has 1 heterocycles. The Kier molecular flexibility index (Phi) is 5.26. The molecule has 136 valence electrons. The van der Waals surface area contributed by atoms with E-state index in [1.54, 1.807) is 11.8 Å². The van der Waals surface area contributed by atoms with Crippen molar-refractivity contribution in [1.29, 1.82) is 0 Å². The monoisotopic (exact) mass is 353 g/mol. The quantitative estimate of drug-likeness (QED) is 0.894. The molecule has 0 aliphatic carbocycles. The molecular formula is C21H23NO4. The Morgan fingerprint density at radius 1 is 1.04 bits per heavy atom. The summed E-state index contributed by atoms with van der Waals surface area (Å²) >= 11 is 0. The number of benzene rings is 2. The van der Waals surface area contributed by atoms with E-state index in [4.69, 9.17) is 4.74 Å². The van der Waals surface area contributed by atoms with E-state index in [9.17, 15) is 14.7 Å². The standard InChI is InChI=1S/C21H23NO4/c1-21(20(24)25)11-13-22(14-12-21)19(23)15-26-18-10-6-5-9-17(18)16-7-3-2-4-8-16/h2-10H,11-15H2,1H3,(H,24,25). The van der Waals surface area contributed by atoms with Gasteiger partial charge in [-0.15, -0.1) is 0 Å². The second-order valence-corrected chi connectivity index (χ2v) is 6.90. The van der Waals surface area contributed by atoms with E-state index in [1.807, 2.05) is 54.6 Å². The number of carbonyl (C=O) groups excluding carboxylic acids is 1. The van der Waals surface area contributed by atoms with Gasteiger partial charge in [0.15, 0.2) is 6.61 Å². The van der Waals surface area contributed by atoms with E-state index in [-0.39, 0.29) is 12.5 Å². The third kappa shape index (κ3) is 3.87. The number of carbonyl (C=O) groups is 2. The minimum absolute atomic E-state index is 0.0480. The van der Waals surface area contributed by atoms with Gasteiger partial charge in [0.1, 0.15) is 5.75 Å². The van der Waals surface area contributed by atoms with Gasteiger partial charge in [-0.25, -0.2) is 0 Å². The molecular weight excluding hydrogens is 330 g/mol. The lowest BCUT2D eigenvalue weighted by Gasteiger charge is -2.36. The van der Waals surface area contributed by atoms with Crippen LogP contribution in [0, 0.1) is 5.41 Å². The van der Waals surface area contributed by atoms with Gasteiger partial charge in [0.2, 0.25) is 0 Å². The molecule has 0 atom stereocenters. The van der Waals surface area contributed by atoms with Gasteiger partial charge in [-0.3, -0.25) is 9.59 Å². The Morgan fingerprint density at radius 2 is 1.65 bits per heavy atom. The number of carboxylic acid groups (broad SMARTS) is 1. The van der Waals surface area contributed by atoms with Gasteiger partial charge >= 0.3 is 5.97 Å². The maximum Gasteiger partial charge on any atom is 0.309 e. The van der Waals surface area contributed by atoms with Gasteiger partial charge in [-0.1, -0.05) is 48.5 Å². The molecule has 1 fully saturated rings. The van der Waals surface area contributed by atoms with E-state index in [1.165, 1.54) is 0 Å². The van der Waals surface area contributed by atoms with Crippen molar-refractivity contribution in [3.8, 4) is 16.9 Å². The first kappa shape index (κ1) is 18.0. The zero-order valence-electron chi connectivity index (χ0n) is 14.9. The van der Waals surface area contributed by atoms with Gasteiger partial charge in [-0.2, -0.15) is 0 Å². The number of likely N-dealkylation sites (tertiary alicyclic amines) is 1. The number of hydrogen-bond acceptors (Lipinski definition) is 3. The summed E-state index contributed by atoms with van der Waals surface area (Å²) in [7, 11) is 0. The summed E-state index contributed by atoms with van der Waals surface area (Å²) < 4.78 is 5.80. The highest BCUT2D eigenvalue weighted by molar-refractivity contribution is 5.79. The molecule has 0 spiro atoms. The summed E-state index contributed by atoms with van der Waals surface area (Å²) in [5, 5.41) is 9.29. The number of ether oxygens (including phenoxy) is 1. The number of amides is 1. The fourth-order valence-corrected chi connectivity index (χ4v) is 3.14. The summed E-state index contributed by atoms with van der Waals surface area (Å²) in [5.74, 6) is -0.239. The Balaban J connectivity index is 1.62. The Bertz CT molecular complexity index is 780. The van der Waals surface area contributed by atoms with Crippen LogP contribution in [0.5, 0.6) is 5.75 Å². The maximum atomic E-state index is 12.5. The fourth-order valence-electron chi connectivity index (χ4n) is 3.14. The highest BCUT2D eigenvalue weighted by Gasteiger charge is 2.38. The van der Waals surface area contributed by atoms with Crippen LogP contribution in [-0.2, 0) is 9.59 Å². The van der Waals surface area contributed by atoms with Crippen LogP contribution in [0.2, 0.25) is 0 Å². The van der Waals surface area contributed by atoms with Crippen LogP contribution in [-0.4, -0.2) is 41.6 Å². The molecule has 1 amide bonds. The minimum atomic E-state index is -0.794. The van der Waals surface area contributed by atoms with Gasteiger partial charge in [0.25, 0.3) is 5.91 Å². The van der Waals surface area contributed by atoms with Crippen molar-refractivity contribution >= 4 is 11.9 Å². The van der Waals surface area contributed by atoms with Gasteiger partial charge in [-0.05, 0) is 31.4 Å². The molecule has 0 bridgehead atoms. The van der Waals surface area contributed by atoms with Crippen molar-refractivity contribution in [3.05, 3.63) is 54.6 Å². The number of rotatable bonds is 5. The number of hydrogen-bond donors (Lipinski definition) is 1. The smallest absolute Gasteiger partial charge is 0.309 e. The van der Waals surface area contributed by atoms with Gasteiger partial charge in [0.05, 0.1) is 5.41 Å². The van der Waals surface area contributed by atoms with Crippen LogP contribution in [0.1, 0.15) is 19.8 Å². The first-order valence-electron chi connectivity index (χ1n) is 8.78. The molecule has 1 saturated heterocycles. The van der Waals surface area contributed by atoms with E-state index in [0.717, 1.165) is 11.1 Å². The van der Waals surface area contributed by atoms with Crippen molar-refractivity contribution < 1.29 is 19.4 Å². The number of aliphatic carboxylic acids is 1. The number of para-hydroxylation sites is 1. The van der Waals surface area contributed by atoms with Crippen molar-refractivity contribution in [3.63, 3.8) is 0 Å². The van der Waals surface area contributed by atoms with E-state index in [0.29, 0.717) is 31.7 Å². The fraction of sp³-hybridized carbons (Fsp3) is 0.333.